The van der Waals surface area contributed by atoms with Crippen LogP contribution < -0.4 is 5.73 Å². The zero-order chi connectivity index (χ0) is 16.1. The molecule has 7 heteroatoms. The molecule has 0 amide bonds. The van der Waals surface area contributed by atoms with Gasteiger partial charge >= 0.3 is 5.97 Å². The van der Waals surface area contributed by atoms with E-state index in [0.717, 1.165) is 5.56 Å². The van der Waals surface area contributed by atoms with Gasteiger partial charge in [-0.1, -0.05) is 30.3 Å². The van der Waals surface area contributed by atoms with E-state index in [9.17, 15) is 15.0 Å². The average molecular weight is 309 g/mol. The average Bonchev–Trinajstić information content (AvgIpc) is 2.54. The van der Waals surface area contributed by atoms with E-state index in [-0.39, 0.29) is 0 Å². The Bertz CT molecular complexity index is 518. The smallest absolute Gasteiger partial charge is 0.333 e. The molecule has 7 nitrogen and oxygen atoms in total. The zero-order valence-electron chi connectivity index (χ0n) is 11.8. The lowest BCUT2D eigenvalue weighted by Crippen LogP contribution is -2.62. The molecule has 1 aromatic rings. The van der Waals surface area contributed by atoms with Gasteiger partial charge in [0.05, 0.1) is 12.6 Å². The van der Waals surface area contributed by atoms with E-state index in [2.05, 4.69) is 0 Å². The molecule has 0 spiro atoms. The molecule has 1 aliphatic heterocycles. The van der Waals surface area contributed by atoms with Crippen molar-refractivity contribution >= 4 is 12.0 Å². The first-order chi connectivity index (χ1) is 10.5. The summed E-state index contributed by atoms with van der Waals surface area (Å²) in [5, 5.41) is 28.5. The fourth-order valence-electron chi connectivity index (χ4n) is 2.09. The van der Waals surface area contributed by atoms with Crippen molar-refractivity contribution in [2.45, 2.75) is 30.6 Å². The molecule has 120 valence electrons. The van der Waals surface area contributed by atoms with Gasteiger partial charge in [0.15, 0.2) is 0 Å². The van der Waals surface area contributed by atoms with Crippen LogP contribution in [0.15, 0.2) is 36.4 Å². The second-order valence-corrected chi connectivity index (χ2v) is 4.96. The molecule has 0 bridgehead atoms. The van der Waals surface area contributed by atoms with Crippen LogP contribution in [0.25, 0.3) is 6.08 Å². The highest BCUT2D eigenvalue weighted by atomic mass is 16.7. The van der Waals surface area contributed by atoms with Crippen LogP contribution in [0, 0.1) is 0 Å². The maximum atomic E-state index is 11.8. The fraction of sp³-hybridized carbons (Fsp3) is 0.400. The third-order valence-corrected chi connectivity index (χ3v) is 3.37. The second-order valence-electron chi connectivity index (χ2n) is 4.96. The summed E-state index contributed by atoms with van der Waals surface area (Å²) in [5.74, 6) is -0.704. The molecule has 0 aliphatic carbocycles. The second kappa shape index (κ2) is 7.48. The summed E-state index contributed by atoms with van der Waals surface area (Å²) in [6.07, 6.45) is -2.24. The highest BCUT2D eigenvalue weighted by Gasteiger charge is 2.44. The van der Waals surface area contributed by atoms with Gasteiger partial charge in [-0.05, 0) is 11.6 Å². The fourth-order valence-corrected chi connectivity index (χ4v) is 2.09. The van der Waals surface area contributed by atoms with Crippen molar-refractivity contribution in [2.24, 2.45) is 5.73 Å². The Morgan fingerprint density at radius 2 is 1.95 bits per heavy atom. The van der Waals surface area contributed by atoms with Crippen molar-refractivity contribution in [1.82, 2.24) is 0 Å². The first-order valence-electron chi connectivity index (χ1n) is 6.84. The number of ether oxygens (including phenoxy) is 2. The van der Waals surface area contributed by atoms with E-state index in [0.29, 0.717) is 0 Å². The summed E-state index contributed by atoms with van der Waals surface area (Å²) < 4.78 is 10.2. The maximum Gasteiger partial charge on any atom is 0.333 e. The van der Waals surface area contributed by atoms with Gasteiger partial charge in [0.25, 0.3) is 0 Å². The molecule has 2 rings (SSSR count). The number of hydrogen-bond donors (Lipinski definition) is 4. The Kier molecular flexibility index (Phi) is 5.64. The highest BCUT2D eigenvalue weighted by molar-refractivity contribution is 5.87. The number of hydrogen-bond acceptors (Lipinski definition) is 7. The normalized spacial score (nSPS) is 32.1. The van der Waals surface area contributed by atoms with Gasteiger partial charge in [0.1, 0.15) is 18.3 Å². The SMILES string of the molecule is N[C@H]1C(OC(=O)C=Cc2ccccc2)O[C@H](CO)[C@@H](O)[C@@H]1O. The van der Waals surface area contributed by atoms with Gasteiger partial charge in [-0.15, -0.1) is 0 Å². The van der Waals surface area contributed by atoms with Gasteiger partial charge in [-0.25, -0.2) is 4.79 Å². The molecule has 1 aromatic carbocycles. The largest absolute Gasteiger partial charge is 0.431 e. The Morgan fingerprint density at radius 3 is 2.59 bits per heavy atom. The van der Waals surface area contributed by atoms with Crippen molar-refractivity contribution in [3.05, 3.63) is 42.0 Å². The number of rotatable bonds is 4. The standard InChI is InChI=1S/C15H19NO6/c16-12-14(20)13(19)10(8-17)21-15(12)22-11(18)7-6-9-4-2-1-3-5-9/h1-7,10,12-15,17,19-20H,8,16H2/t10-,12-,13-,14-,15?/m1/s1. The van der Waals surface area contributed by atoms with Crippen LogP contribution in [-0.4, -0.2) is 58.5 Å². The predicted molar refractivity (Wildman–Crippen MR) is 77.3 cm³/mol. The first-order valence-corrected chi connectivity index (χ1v) is 6.84. The predicted octanol–water partition coefficient (Wildman–Crippen LogP) is -0.991. The first kappa shape index (κ1) is 16.6. The number of benzene rings is 1. The summed E-state index contributed by atoms with van der Waals surface area (Å²) >= 11 is 0. The molecule has 1 fully saturated rings. The van der Waals surface area contributed by atoms with E-state index in [1.807, 2.05) is 30.3 Å². The molecule has 1 heterocycles. The number of aliphatic hydroxyl groups excluding tert-OH is 3. The number of nitrogens with two attached hydrogens (primary N) is 1. The Labute approximate surface area is 127 Å². The number of carbonyl (C=O) groups is 1. The molecule has 0 saturated carbocycles. The molecular formula is C15H19NO6. The van der Waals surface area contributed by atoms with Crippen LogP contribution in [-0.2, 0) is 14.3 Å². The van der Waals surface area contributed by atoms with E-state index < -0.39 is 43.2 Å². The number of esters is 1. The third kappa shape index (κ3) is 3.90. The van der Waals surface area contributed by atoms with Gasteiger partial charge in [0.2, 0.25) is 6.29 Å². The quantitative estimate of drug-likeness (QED) is 0.416. The van der Waals surface area contributed by atoms with E-state index in [1.54, 1.807) is 6.08 Å². The molecule has 22 heavy (non-hydrogen) atoms. The third-order valence-electron chi connectivity index (χ3n) is 3.37. The van der Waals surface area contributed by atoms with Crippen LogP contribution in [0.2, 0.25) is 0 Å². The van der Waals surface area contributed by atoms with E-state index >= 15 is 0 Å². The van der Waals surface area contributed by atoms with E-state index in [4.69, 9.17) is 20.3 Å². The van der Waals surface area contributed by atoms with Crippen molar-refractivity contribution < 1.29 is 29.6 Å². The van der Waals surface area contributed by atoms with Crippen molar-refractivity contribution in [1.29, 1.82) is 0 Å². The minimum Gasteiger partial charge on any atom is -0.431 e. The lowest BCUT2D eigenvalue weighted by molar-refractivity contribution is -0.257. The summed E-state index contributed by atoms with van der Waals surface area (Å²) in [5.41, 5.74) is 6.48. The van der Waals surface area contributed by atoms with Crippen molar-refractivity contribution in [2.75, 3.05) is 6.61 Å². The summed E-state index contributed by atoms with van der Waals surface area (Å²) in [6, 6.07) is 8.03. The van der Waals surface area contributed by atoms with Crippen LogP contribution in [0.5, 0.6) is 0 Å². The van der Waals surface area contributed by atoms with Crippen LogP contribution >= 0.6 is 0 Å². The summed E-state index contributed by atoms with van der Waals surface area (Å²) in [6.45, 7) is -0.529. The topological polar surface area (TPSA) is 122 Å². The molecule has 0 radical (unpaired) electrons. The molecule has 5 N–H and O–H groups in total. The summed E-state index contributed by atoms with van der Waals surface area (Å²) in [4.78, 5) is 11.8. The molecular weight excluding hydrogens is 290 g/mol. The molecule has 1 saturated heterocycles. The van der Waals surface area contributed by atoms with E-state index in [1.165, 1.54) is 6.08 Å². The Morgan fingerprint density at radius 1 is 1.27 bits per heavy atom. The maximum absolute atomic E-state index is 11.8. The molecule has 1 aliphatic rings. The monoisotopic (exact) mass is 309 g/mol. The van der Waals surface area contributed by atoms with Crippen molar-refractivity contribution in [3.63, 3.8) is 0 Å². The molecule has 0 aromatic heterocycles. The highest BCUT2D eigenvalue weighted by Crippen LogP contribution is 2.20. The van der Waals surface area contributed by atoms with Gasteiger partial charge in [0, 0.05) is 6.08 Å². The number of carbonyl (C=O) groups excluding carboxylic acids is 1. The van der Waals surface area contributed by atoms with Gasteiger partial charge in [-0.3, -0.25) is 0 Å². The lowest BCUT2D eigenvalue weighted by atomic mass is 9.98. The molecule has 1 unspecified atom stereocenters. The van der Waals surface area contributed by atoms with Gasteiger partial charge in [-0.2, -0.15) is 0 Å². The van der Waals surface area contributed by atoms with Crippen LogP contribution in [0.4, 0.5) is 0 Å². The van der Waals surface area contributed by atoms with Gasteiger partial charge < -0.3 is 30.5 Å². The molecule has 5 atom stereocenters. The van der Waals surface area contributed by atoms with Crippen LogP contribution in [0.1, 0.15) is 5.56 Å². The summed E-state index contributed by atoms with van der Waals surface area (Å²) in [7, 11) is 0. The van der Waals surface area contributed by atoms with Crippen LogP contribution in [0.3, 0.4) is 0 Å². The lowest BCUT2D eigenvalue weighted by Gasteiger charge is -2.39. The zero-order valence-corrected chi connectivity index (χ0v) is 11.8. The Hall–Kier alpha value is -1.77. The minimum atomic E-state index is -1.36. The minimum absolute atomic E-state index is 0.529. The number of aliphatic hydroxyl groups is 3. The Balaban J connectivity index is 1.97. The van der Waals surface area contributed by atoms with Crippen molar-refractivity contribution in [3.8, 4) is 0 Å².